The van der Waals surface area contributed by atoms with Crippen LogP contribution in [0.3, 0.4) is 0 Å². The Kier molecular flexibility index (Phi) is 4.77. The molecule has 4 nitrogen and oxygen atoms in total. The van der Waals surface area contributed by atoms with Crippen LogP contribution in [-0.2, 0) is 9.53 Å². The standard InChI is InChI=1S/C11H13FO4S/c1-3-16-11(15)9(14)6-4-5-7(13)10(17-2)8(6)12/h4-5,9,13-14H,3H2,1-2H3. The molecule has 0 amide bonds. The van der Waals surface area contributed by atoms with Crippen molar-refractivity contribution in [3.63, 3.8) is 0 Å². The number of phenols is 1. The van der Waals surface area contributed by atoms with E-state index in [1.807, 2.05) is 0 Å². The molecule has 0 aliphatic rings. The number of phenolic OH excluding ortho intramolecular Hbond substituents is 1. The van der Waals surface area contributed by atoms with E-state index in [-0.39, 0.29) is 22.8 Å². The summed E-state index contributed by atoms with van der Waals surface area (Å²) in [4.78, 5) is 11.3. The summed E-state index contributed by atoms with van der Waals surface area (Å²) >= 11 is 0.990. The number of hydrogen-bond donors (Lipinski definition) is 2. The van der Waals surface area contributed by atoms with E-state index in [0.29, 0.717) is 0 Å². The highest BCUT2D eigenvalue weighted by atomic mass is 32.2. The molecule has 0 fully saturated rings. The summed E-state index contributed by atoms with van der Waals surface area (Å²) in [6, 6.07) is 2.39. The molecule has 0 aliphatic heterocycles. The van der Waals surface area contributed by atoms with E-state index in [9.17, 15) is 19.4 Å². The van der Waals surface area contributed by atoms with Gasteiger partial charge in [0.1, 0.15) is 11.6 Å². The zero-order valence-electron chi connectivity index (χ0n) is 9.44. The number of carbonyl (C=O) groups is 1. The zero-order valence-corrected chi connectivity index (χ0v) is 10.3. The minimum absolute atomic E-state index is 0.00847. The minimum Gasteiger partial charge on any atom is -0.507 e. The fourth-order valence-electron chi connectivity index (χ4n) is 1.31. The van der Waals surface area contributed by atoms with Gasteiger partial charge in [-0.2, -0.15) is 0 Å². The summed E-state index contributed by atoms with van der Waals surface area (Å²) in [6.07, 6.45) is -0.0972. The first kappa shape index (κ1) is 13.8. The third-order valence-corrected chi connectivity index (χ3v) is 2.91. The van der Waals surface area contributed by atoms with Crippen LogP contribution in [0.4, 0.5) is 4.39 Å². The van der Waals surface area contributed by atoms with Crippen LogP contribution in [0, 0.1) is 5.82 Å². The number of aliphatic hydroxyl groups excluding tert-OH is 1. The van der Waals surface area contributed by atoms with Gasteiger partial charge in [-0.05, 0) is 25.3 Å². The Balaban J connectivity index is 3.10. The molecule has 0 aromatic heterocycles. The van der Waals surface area contributed by atoms with E-state index in [2.05, 4.69) is 4.74 Å². The number of ether oxygens (including phenoxy) is 1. The molecule has 94 valence electrons. The second-order valence-electron chi connectivity index (χ2n) is 3.18. The SMILES string of the molecule is CCOC(=O)C(O)c1ccc(O)c(SC)c1F. The van der Waals surface area contributed by atoms with Gasteiger partial charge in [0, 0.05) is 5.56 Å². The lowest BCUT2D eigenvalue weighted by atomic mass is 10.1. The first-order valence-corrected chi connectivity index (χ1v) is 6.15. The molecule has 1 rings (SSSR count). The van der Waals surface area contributed by atoms with Crippen LogP contribution < -0.4 is 0 Å². The molecule has 1 unspecified atom stereocenters. The molecule has 0 aliphatic carbocycles. The van der Waals surface area contributed by atoms with E-state index in [4.69, 9.17) is 0 Å². The third-order valence-electron chi connectivity index (χ3n) is 2.11. The van der Waals surface area contributed by atoms with Crippen molar-refractivity contribution in [3.8, 4) is 5.75 Å². The maximum Gasteiger partial charge on any atom is 0.339 e. The number of aliphatic hydroxyl groups is 1. The first-order chi connectivity index (χ1) is 8.02. The molecular formula is C11H13FO4S. The van der Waals surface area contributed by atoms with E-state index in [1.54, 1.807) is 13.2 Å². The summed E-state index contributed by atoms with van der Waals surface area (Å²) in [7, 11) is 0. The molecule has 6 heteroatoms. The van der Waals surface area contributed by atoms with Crippen LogP contribution in [-0.4, -0.2) is 29.0 Å². The lowest BCUT2D eigenvalue weighted by Crippen LogP contribution is -2.16. The van der Waals surface area contributed by atoms with Crippen LogP contribution in [0.1, 0.15) is 18.6 Å². The summed E-state index contributed by atoms with van der Waals surface area (Å²) in [5.74, 6) is -1.95. The van der Waals surface area contributed by atoms with Crippen LogP contribution >= 0.6 is 11.8 Å². The van der Waals surface area contributed by atoms with Crippen LogP contribution in [0.25, 0.3) is 0 Å². The Hall–Kier alpha value is -1.27. The number of thioether (sulfide) groups is 1. The number of benzene rings is 1. The van der Waals surface area contributed by atoms with Crippen LogP contribution in [0.15, 0.2) is 17.0 Å². The van der Waals surface area contributed by atoms with Gasteiger partial charge < -0.3 is 14.9 Å². The first-order valence-electron chi connectivity index (χ1n) is 4.93. The van der Waals surface area contributed by atoms with Gasteiger partial charge in [-0.3, -0.25) is 0 Å². The van der Waals surface area contributed by atoms with Gasteiger partial charge in [-0.25, -0.2) is 9.18 Å². The Morgan fingerprint density at radius 3 is 2.76 bits per heavy atom. The molecule has 1 atom stereocenters. The summed E-state index contributed by atoms with van der Waals surface area (Å²) in [5, 5.41) is 19.0. The van der Waals surface area contributed by atoms with Crippen molar-refractivity contribution in [3.05, 3.63) is 23.5 Å². The monoisotopic (exact) mass is 260 g/mol. The normalized spacial score (nSPS) is 12.2. The van der Waals surface area contributed by atoms with Crippen LogP contribution in [0.5, 0.6) is 5.75 Å². The molecule has 0 spiro atoms. The second kappa shape index (κ2) is 5.88. The van der Waals surface area contributed by atoms with E-state index in [0.717, 1.165) is 17.8 Å². The average Bonchev–Trinajstić information content (AvgIpc) is 2.29. The van der Waals surface area contributed by atoms with Crippen molar-refractivity contribution >= 4 is 17.7 Å². The van der Waals surface area contributed by atoms with Gasteiger partial charge in [-0.15, -0.1) is 11.8 Å². The fourth-order valence-corrected chi connectivity index (χ4v) is 1.89. The van der Waals surface area contributed by atoms with Gasteiger partial charge in [0.05, 0.1) is 11.5 Å². The molecule has 0 saturated carbocycles. The number of hydrogen-bond acceptors (Lipinski definition) is 5. The molecule has 17 heavy (non-hydrogen) atoms. The lowest BCUT2D eigenvalue weighted by Gasteiger charge is -2.13. The molecule has 0 heterocycles. The van der Waals surface area contributed by atoms with Gasteiger partial charge in [-0.1, -0.05) is 0 Å². The Labute approximate surface area is 102 Å². The minimum atomic E-state index is -1.68. The van der Waals surface area contributed by atoms with Crippen molar-refractivity contribution in [2.45, 2.75) is 17.9 Å². The number of halogens is 1. The van der Waals surface area contributed by atoms with Gasteiger partial charge >= 0.3 is 5.97 Å². The highest BCUT2D eigenvalue weighted by Crippen LogP contribution is 2.33. The van der Waals surface area contributed by atoms with E-state index < -0.39 is 17.9 Å². The Morgan fingerprint density at radius 2 is 2.24 bits per heavy atom. The highest BCUT2D eigenvalue weighted by Gasteiger charge is 2.24. The molecule has 2 N–H and O–H groups in total. The molecule has 0 saturated heterocycles. The second-order valence-corrected chi connectivity index (χ2v) is 3.99. The molecule has 1 aromatic rings. The van der Waals surface area contributed by atoms with Crippen molar-refractivity contribution in [1.29, 1.82) is 0 Å². The molecular weight excluding hydrogens is 247 g/mol. The number of aromatic hydroxyl groups is 1. The quantitative estimate of drug-likeness (QED) is 0.639. The maximum absolute atomic E-state index is 13.8. The lowest BCUT2D eigenvalue weighted by molar-refractivity contribution is -0.153. The van der Waals surface area contributed by atoms with Crippen molar-refractivity contribution in [1.82, 2.24) is 0 Å². The topological polar surface area (TPSA) is 66.8 Å². The molecule has 1 aromatic carbocycles. The van der Waals surface area contributed by atoms with E-state index in [1.165, 1.54) is 6.07 Å². The predicted molar refractivity (Wildman–Crippen MR) is 61.4 cm³/mol. The van der Waals surface area contributed by atoms with Crippen molar-refractivity contribution in [2.24, 2.45) is 0 Å². The van der Waals surface area contributed by atoms with Gasteiger partial charge in [0.25, 0.3) is 0 Å². The molecule has 0 bridgehead atoms. The zero-order chi connectivity index (χ0) is 13.0. The number of esters is 1. The summed E-state index contributed by atoms with van der Waals surface area (Å²) < 4.78 is 18.4. The average molecular weight is 260 g/mol. The van der Waals surface area contributed by atoms with E-state index >= 15 is 0 Å². The molecule has 0 radical (unpaired) electrons. The fraction of sp³-hybridized carbons (Fsp3) is 0.364. The van der Waals surface area contributed by atoms with Crippen LogP contribution in [0.2, 0.25) is 0 Å². The van der Waals surface area contributed by atoms with Crippen molar-refractivity contribution in [2.75, 3.05) is 12.9 Å². The number of rotatable bonds is 4. The predicted octanol–water partition coefficient (Wildman–Crippen LogP) is 1.85. The van der Waals surface area contributed by atoms with Gasteiger partial charge in [0.15, 0.2) is 6.10 Å². The third kappa shape index (κ3) is 2.89. The maximum atomic E-state index is 13.8. The Morgan fingerprint density at radius 1 is 1.59 bits per heavy atom. The van der Waals surface area contributed by atoms with Gasteiger partial charge in [0.2, 0.25) is 0 Å². The van der Waals surface area contributed by atoms with Crippen molar-refractivity contribution < 1.29 is 24.1 Å². The number of carbonyl (C=O) groups excluding carboxylic acids is 1. The highest BCUT2D eigenvalue weighted by molar-refractivity contribution is 7.98. The largest absolute Gasteiger partial charge is 0.507 e. The summed E-state index contributed by atoms with van der Waals surface area (Å²) in [6.45, 7) is 1.69. The smallest absolute Gasteiger partial charge is 0.339 e. The Bertz CT molecular complexity index is 422. The summed E-state index contributed by atoms with van der Waals surface area (Å²) in [5.41, 5.74) is -0.203.